The first-order valence-corrected chi connectivity index (χ1v) is 10.1. The Balaban J connectivity index is 1.61. The average molecular weight is 390 g/mol. The molecule has 0 radical (unpaired) electrons. The Morgan fingerprint density at radius 2 is 1.71 bits per heavy atom. The number of carbonyl (C=O) groups is 1. The van der Waals surface area contributed by atoms with Gasteiger partial charge in [0, 0.05) is 47.1 Å². The van der Waals surface area contributed by atoms with Gasteiger partial charge in [-0.15, -0.1) is 0 Å². The van der Waals surface area contributed by atoms with Crippen LogP contribution in [0.4, 0.5) is 0 Å². The lowest BCUT2D eigenvalue weighted by atomic mass is 9.98. The van der Waals surface area contributed by atoms with Crippen molar-refractivity contribution in [2.24, 2.45) is 5.92 Å². The lowest BCUT2D eigenvalue weighted by Crippen LogP contribution is -2.37. The van der Waals surface area contributed by atoms with Crippen LogP contribution in [0.15, 0.2) is 54.6 Å². The van der Waals surface area contributed by atoms with Gasteiger partial charge < -0.3 is 4.90 Å². The van der Waals surface area contributed by atoms with Gasteiger partial charge in [0.25, 0.3) is 0 Å². The number of hydrogen-bond donors (Lipinski definition) is 0. The Bertz CT molecular complexity index is 1030. The molecule has 0 spiro atoms. The Labute approximate surface area is 169 Å². The fourth-order valence-electron chi connectivity index (χ4n) is 3.75. The first-order chi connectivity index (χ1) is 13.7. The van der Waals surface area contributed by atoms with Crippen LogP contribution in [-0.4, -0.2) is 27.3 Å². The summed E-state index contributed by atoms with van der Waals surface area (Å²) in [6.45, 7) is 1.31. The molecule has 2 aliphatic rings. The number of amides is 1. The molecule has 2 aromatic carbocycles. The summed E-state index contributed by atoms with van der Waals surface area (Å²) < 4.78 is 0. The third kappa shape index (κ3) is 3.29. The molecular weight excluding hydrogens is 370 g/mol. The van der Waals surface area contributed by atoms with E-state index in [1.165, 1.54) is 0 Å². The van der Waals surface area contributed by atoms with Gasteiger partial charge in [0.05, 0.1) is 11.4 Å². The number of rotatable bonds is 3. The molecule has 3 aromatic rings. The normalized spacial score (nSPS) is 16.0. The number of aromatic nitrogens is 2. The molecule has 2 heterocycles. The summed E-state index contributed by atoms with van der Waals surface area (Å²) in [5.41, 5.74) is 4.99. The van der Waals surface area contributed by atoms with Gasteiger partial charge in [-0.2, -0.15) is 0 Å². The zero-order chi connectivity index (χ0) is 19.1. The lowest BCUT2D eigenvalue weighted by molar-refractivity contribution is -0.133. The zero-order valence-electron chi connectivity index (χ0n) is 15.4. The fraction of sp³-hybridized carbons (Fsp3) is 0.261. The molecule has 140 valence electrons. The summed E-state index contributed by atoms with van der Waals surface area (Å²) >= 11 is 6.09. The first-order valence-electron chi connectivity index (χ1n) is 9.69. The van der Waals surface area contributed by atoms with Crippen LogP contribution >= 0.6 is 11.6 Å². The van der Waals surface area contributed by atoms with Crippen molar-refractivity contribution in [2.45, 2.75) is 25.8 Å². The van der Waals surface area contributed by atoms with Crippen LogP contribution in [-0.2, 0) is 17.8 Å². The minimum absolute atomic E-state index is 0.227. The molecule has 0 saturated heterocycles. The predicted molar refractivity (Wildman–Crippen MR) is 110 cm³/mol. The maximum atomic E-state index is 12.6. The van der Waals surface area contributed by atoms with Crippen LogP contribution in [0.2, 0.25) is 5.02 Å². The highest BCUT2D eigenvalue weighted by molar-refractivity contribution is 6.30. The van der Waals surface area contributed by atoms with E-state index in [4.69, 9.17) is 21.6 Å². The Morgan fingerprint density at radius 3 is 2.43 bits per heavy atom. The van der Waals surface area contributed by atoms with Gasteiger partial charge in [-0.3, -0.25) is 4.79 Å². The second kappa shape index (κ2) is 7.02. The van der Waals surface area contributed by atoms with E-state index in [-0.39, 0.29) is 11.8 Å². The van der Waals surface area contributed by atoms with Crippen molar-refractivity contribution < 1.29 is 4.79 Å². The monoisotopic (exact) mass is 389 g/mol. The van der Waals surface area contributed by atoms with Crippen LogP contribution in [0.25, 0.3) is 22.6 Å². The summed E-state index contributed by atoms with van der Waals surface area (Å²) in [5, 5.41) is 0.695. The van der Waals surface area contributed by atoms with Crippen LogP contribution in [0.1, 0.15) is 24.1 Å². The quantitative estimate of drug-likeness (QED) is 0.648. The number of hydrogen-bond acceptors (Lipinski definition) is 3. The molecule has 1 saturated carbocycles. The van der Waals surface area contributed by atoms with Gasteiger partial charge in [-0.25, -0.2) is 9.97 Å². The summed E-state index contributed by atoms with van der Waals surface area (Å²) in [4.78, 5) is 24.4. The van der Waals surface area contributed by atoms with Crippen LogP contribution in [0.5, 0.6) is 0 Å². The van der Waals surface area contributed by atoms with Gasteiger partial charge in [0.15, 0.2) is 5.82 Å². The molecule has 1 amide bonds. The van der Waals surface area contributed by atoms with Gasteiger partial charge in [-0.05, 0) is 25.0 Å². The Morgan fingerprint density at radius 1 is 0.964 bits per heavy atom. The van der Waals surface area contributed by atoms with Crippen LogP contribution in [0.3, 0.4) is 0 Å². The maximum Gasteiger partial charge on any atom is 0.225 e. The van der Waals surface area contributed by atoms with Crippen molar-refractivity contribution in [1.29, 1.82) is 0 Å². The standard InChI is InChI=1S/C23H20ClN3O/c24-18-10-8-15(9-11-18)21-19-14-27(23(28)17-6-7-17)13-12-20(19)25-22(26-21)16-4-2-1-3-5-16/h1-5,8-11,17H,6-7,12-14H2. The summed E-state index contributed by atoms with van der Waals surface area (Å²) in [6.07, 6.45) is 2.81. The number of benzene rings is 2. The fourth-order valence-corrected chi connectivity index (χ4v) is 3.88. The first kappa shape index (κ1) is 17.4. The van der Waals surface area contributed by atoms with E-state index in [1.54, 1.807) is 0 Å². The number of carbonyl (C=O) groups excluding carboxylic acids is 1. The van der Waals surface area contributed by atoms with E-state index >= 15 is 0 Å². The topological polar surface area (TPSA) is 46.1 Å². The molecule has 28 heavy (non-hydrogen) atoms. The van der Waals surface area contributed by atoms with Gasteiger partial charge >= 0.3 is 0 Å². The van der Waals surface area contributed by atoms with Crippen molar-refractivity contribution in [3.63, 3.8) is 0 Å². The molecule has 0 N–H and O–H groups in total. The van der Waals surface area contributed by atoms with Gasteiger partial charge in [0.1, 0.15) is 0 Å². The molecule has 5 heteroatoms. The van der Waals surface area contributed by atoms with Crippen molar-refractivity contribution in [2.75, 3.05) is 6.54 Å². The lowest BCUT2D eigenvalue weighted by Gasteiger charge is -2.30. The van der Waals surface area contributed by atoms with Crippen LogP contribution in [0, 0.1) is 5.92 Å². The predicted octanol–water partition coefficient (Wildman–Crippen LogP) is 4.76. The number of halogens is 1. The minimum atomic E-state index is 0.227. The van der Waals surface area contributed by atoms with E-state index in [1.807, 2.05) is 59.5 Å². The highest BCUT2D eigenvalue weighted by Crippen LogP contribution is 2.35. The number of nitrogens with zero attached hydrogens (tertiary/aromatic N) is 3. The molecule has 1 aliphatic carbocycles. The second-order valence-electron chi connectivity index (χ2n) is 7.48. The average Bonchev–Trinajstić information content (AvgIpc) is 3.59. The maximum absolute atomic E-state index is 12.6. The van der Waals surface area contributed by atoms with Crippen LogP contribution < -0.4 is 0 Å². The zero-order valence-corrected chi connectivity index (χ0v) is 16.2. The molecule has 1 aromatic heterocycles. The summed E-state index contributed by atoms with van der Waals surface area (Å²) in [6, 6.07) is 17.8. The highest BCUT2D eigenvalue weighted by atomic mass is 35.5. The minimum Gasteiger partial charge on any atom is -0.338 e. The van der Waals surface area contributed by atoms with Crippen molar-refractivity contribution in [3.05, 3.63) is 70.9 Å². The molecule has 5 rings (SSSR count). The molecule has 4 nitrogen and oxygen atoms in total. The van der Waals surface area contributed by atoms with E-state index in [0.29, 0.717) is 11.6 Å². The summed E-state index contributed by atoms with van der Waals surface area (Å²) in [5.74, 6) is 1.23. The molecule has 1 aliphatic heterocycles. The molecule has 1 fully saturated rings. The Hall–Kier alpha value is -2.72. The van der Waals surface area contributed by atoms with E-state index in [2.05, 4.69) is 0 Å². The SMILES string of the molecule is O=C(C1CC1)N1CCc2nc(-c3ccccc3)nc(-c3ccc(Cl)cc3)c2C1. The molecule has 0 unspecified atom stereocenters. The molecule has 0 atom stereocenters. The van der Waals surface area contributed by atoms with E-state index in [0.717, 1.165) is 59.7 Å². The van der Waals surface area contributed by atoms with E-state index < -0.39 is 0 Å². The Kier molecular flexibility index (Phi) is 4.36. The summed E-state index contributed by atoms with van der Waals surface area (Å²) in [7, 11) is 0. The highest BCUT2D eigenvalue weighted by Gasteiger charge is 2.35. The third-order valence-electron chi connectivity index (χ3n) is 5.45. The number of fused-ring (bicyclic) bond motifs is 1. The molecule has 0 bridgehead atoms. The van der Waals surface area contributed by atoms with Crippen molar-refractivity contribution in [1.82, 2.24) is 14.9 Å². The molecular formula is C23H20ClN3O. The van der Waals surface area contributed by atoms with Gasteiger partial charge in [0.2, 0.25) is 5.91 Å². The smallest absolute Gasteiger partial charge is 0.225 e. The van der Waals surface area contributed by atoms with Gasteiger partial charge in [-0.1, -0.05) is 54.1 Å². The second-order valence-corrected chi connectivity index (χ2v) is 7.91. The van der Waals surface area contributed by atoms with Crippen molar-refractivity contribution >= 4 is 17.5 Å². The van der Waals surface area contributed by atoms with Crippen molar-refractivity contribution in [3.8, 4) is 22.6 Å². The van der Waals surface area contributed by atoms with E-state index in [9.17, 15) is 4.79 Å². The third-order valence-corrected chi connectivity index (χ3v) is 5.70. The largest absolute Gasteiger partial charge is 0.338 e.